The standard InChI is InChI=1S/C27H34N6O2/c1-18(2)25(26-29-30-31-33(26)16-21-9-6-5-7-10-21)32(13-8-14-34)17-23-15-22-12-11-19(3)20(4)24(22)28-27(23)35/h5-7,9-12,15,18,25,34H,8,13-14,16-17H2,1-4H3,(H,28,35)/t25-/m1/s1. The lowest BCUT2D eigenvalue weighted by atomic mass is 9.99. The van der Waals surface area contributed by atoms with Crippen molar-refractivity contribution in [2.24, 2.45) is 5.92 Å². The number of rotatable bonds is 10. The number of aromatic nitrogens is 5. The van der Waals surface area contributed by atoms with Gasteiger partial charge in [0.1, 0.15) is 0 Å². The second-order valence-electron chi connectivity index (χ2n) is 9.51. The number of aliphatic hydroxyl groups is 1. The zero-order chi connectivity index (χ0) is 24.9. The zero-order valence-electron chi connectivity index (χ0n) is 20.9. The topological polar surface area (TPSA) is 99.9 Å². The van der Waals surface area contributed by atoms with Crippen molar-refractivity contribution >= 4 is 10.9 Å². The molecule has 35 heavy (non-hydrogen) atoms. The summed E-state index contributed by atoms with van der Waals surface area (Å²) in [6, 6.07) is 16.1. The molecule has 2 aromatic carbocycles. The Morgan fingerprint density at radius 2 is 1.89 bits per heavy atom. The lowest BCUT2D eigenvalue weighted by molar-refractivity contribution is 0.122. The van der Waals surface area contributed by atoms with Crippen LogP contribution in [0.25, 0.3) is 10.9 Å². The van der Waals surface area contributed by atoms with Gasteiger partial charge < -0.3 is 10.1 Å². The van der Waals surface area contributed by atoms with Crippen LogP contribution >= 0.6 is 0 Å². The molecule has 0 radical (unpaired) electrons. The maximum Gasteiger partial charge on any atom is 0.252 e. The van der Waals surface area contributed by atoms with Crippen LogP contribution in [0.3, 0.4) is 0 Å². The lowest BCUT2D eigenvalue weighted by Gasteiger charge is -2.33. The van der Waals surface area contributed by atoms with Crippen LogP contribution in [0.4, 0.5) is 0 Å². The van der Waals surface area contributed by atoms with Crippen molar-refractivity contribution in [2.75, 3.05) is 13.2 Å². The number of benzene rings is 2. The first-order valence-electron chi connectivity index (χ1n) is 12.2. The van der Waals surface area contributed by atoms with E-state index in [9.17, 15) is 9.90 Å². The number of pyridine rings is 1. The summed E-state index contributed by atoms with van der Waals surface area (Å²) in [6.07, 6.45) is 0.591. The van der Waals surface area contributed by atoms with Gasteiger partial charge in [0.25, 0.3) is 5.56 Å². The monoisotopic (exact) mass is 474 g/mol. The van der Waals surface area contributed by atoms with Gasteiger partial charge in [0.15, 0.2) is 5.82 Å². The molecule has 0 amide bonds. The van der Waals surface area contributed by atoms with E-state index in [0.29, 0.717) is 31.6 Å². The molecule has 0 unspecified atom stereocenters. The molecule has 8 heteroatoms. The quantitative estimate of drug-likeness (QED) is 0.363. The molecule has 2 heterocycles. The van der Waals surface area contributed by atoms with Crippen molar-refractivity contribution in [1.82, 2.24) is 30.1 Å². The number of nitrogens with one attached hydrogen (secondary N) is 1. The van der Waals surface area contributed by atoms with Gasteiger partial charge in [-0.05, 0) is 64.8 Å². The van der Waals surface area contributed by atoms with E-state index in [2.05, 4.69) is 63.5 Å². The van der Waals surface area contributed by atoms with Gasteiger partial charge in [-0.1, -0.05) is 56.3 Å². The van der Waals surface area contributed by atoms with Crippen LogP contribution in [-0.4, -0.2) is 48.3 Å². The fourth-order valence-corrected chi connectivity index (χ4v) is 4.67. The van der Waals surface area contributed by atoms with Gasteiger partial charge in [-0.15, -0.1) is 5.10 Å². The number of nitrogens with zero attached hydrogens (tertiary/aromatic N) is 5. The summed E-state index contributed by atoms with van der Waals surface area (Å²) in [5.74, 6) is 0.934. The summed E-state index contributed by atoms with van der Waals surface area (Å²) < 4.78 is 1.84. The molecule has 0 bridgehead atoms. The minimum absolute atomic E-state index is 0.0722. The van der Waals surface area contributed by atoms with Crippen LogP contribution in [0, 0.1) is 19.8 Å². The van der Waals surface area contributed by atoms with E-state index in [4.69, 9.17) is 0 Å². The predicted molar refractivity (Wildman–Crippen MR) is 137 cm³/mol. The summed E-state index contributed by atoms with van der Waals surface area (Å²) in [7, 11) is 0. The summed E-state index contributed by atoms with van der Waals surface area (Å²) >= 11 is 0. The Morgan fingerprint density at radius 1 is 1.11 bits per heavy atom. The third-order valence-corrected chi connectivity index (χ3v) is 6.63. The number of H-pyrrole nitrogens is 1. The van der Waals surface area contributed by atoms with Gasteiger partial charge in [-0.25, -0.2) is 4.68 Å². The average molecular weight is 475 g/mol. The molecule has 4 aromatic rings. The zero-order valence-corrected chi connectivity index (χ0v) is 20.9. The molecule has 0 saturated heterocycles. The van der Waals surface area contributed by atoms with Gasteiger partial charge in [0.2, 0.25) is 0 Å². The number of fused-ring (bicyclic) bond motifs is 1. The third-order valence-electron chi connectivity index (χ3n) is 6.63. The van der Waals surface area contributed by atoms with Crippen molar-refractivity contribution in [1.29, 1.82) is 0 Å². The minimum atomic E-state index is -0.130. The van der Waals surface area contributed by atoms with E-state index in [1.807, 2.05) is 42.8 Å². The van der Waals surface area contributed by atoms with Crippen LogP contribution in [0.1, 0.15) is 54.4 Å². The highest BCUT2D eigenvalue weighted by atomic mass is 16.3. The second-order valence-corrected chi connectivity index (χ2v) is 9.51. The average Bonchev–Trinajstić information content (AvgIpc) is 3.28. The van der Waals surface area contributed by atoms with Gasteiger partial charge in [0, 0.05) is 25.3 Å². The summed E-state index contributed by atoms with van der Waals surface area (Å²) in [6.45, 7) is 10.0. The molecule has 184 valence electrons. The van der Waals surface area contributed by atoms with Gasteiger partial charge in [0.05, 0.1) is 18.1 Å². The molecular weight excluding hydrogens is 440 g/mol. The molecule has 2 aromatic heterocycles. The van der Waals surface area contributed by atoms with Gasteiger partial charge >= 0.3 is 0 Å². The van der Waals surface area contributed by atoms with E-state index in [1.54, 1.807) is 0 Å². The van der Waals surface area contributed by atoms with Gasteiger partial charge in [-0.3, -0.25) is 9.69 Å². The number of aliphatic hydroxyl groups excluding tert-OH is 1. The number of aryl methyl sites for hydroxylation is 2. The Kier molecular flexibility index (Phi) is 7.73. The summed E-state index contributed by atoms with van der Waals surface area (Å²) in [5, 5.41) is 23.3. The molecule has 2 N–H and O–H groups in total. The molecule has 0 spiro atoms. The van der Waals surface area contributed by atoms with E-state index >= 15 is 0 Å². The van der Waals surface area contributed by atoms with Crippen molar-refractivity contribution in [2.45, 2.75) is 53.2 Å². The highest BCUT2D eigenvalue weighted by Crippen LogP contribution is 2.29. The minimum Gasteiger partial charge on any atom is -0.396 e. The first-order chi connectivity index (χ1) is 16.9. The highest BCUT2D eigenvalue weighted by molar-refractivity contribution is 5.83. The predicted octanol–water partition coefficient (Wildman–Crippen LogP) is 3.76. The molecule has 0 aliphatic carbocycles. The van der Waals surface area contributed by atoms with Crippen LogP contribution in [0.15, 0.2) is 53.3 Å². The van der Waals surface area contributed by atoms with Crippen molar-refractivity contribution in [3.8, 4) is 0 Å². The van der Waals surface area contributed by atoms with E-state index in [1.165, 1.54) is 0 Å². The van der Waals surface area contributed by atoms with E-state index < -0.39 is 0 Å². The van der Waals surface area contributed by atoms with Gasteiger partial charge in [-0.2, -0.15) is 0 Å². The molecule has 0 aliphatic rings. The first-order valence-corrected chi connectivity index (χ1v) is 12.2. The Balaban J connectivity index is 1.70. The lowest BCUT2D eigenvalue weighted by Crippen LogP contribution is -2.36. The van der Waals surface area contributed by atoms with Crippen molar-refractivity contribution in [3.63, 3.8) is 0 Å². The number of hydrogen-bond acceptors (Lipinski definition) is 6. The molecule has 8 nitrogen and oxygen atoms in total. The van der Waals surface area contributed by atoms with Crippen LogP contribution in [0.5, 0.6) is 0 Å². The first kappa shape index (κ1) is 24.8. The Hall–Kier alpha value is -3.36. The van der Waals surface area contributed by atoms with Crippen LogP contribution < -0.4 is 5.56 Å². The second kappa shape index (κ2) is 10.9. The molecule has 0 aliphatic heterocycles. The summed E-state index contributed by atoms with van der Waals surface area (Å²) in [4.78, 5) is 18.4. The largest absolute Gasteiger partial charge is 0.396 e. The molecule has 4 rings (SSSR count). The van der Waals surface area contributed by atoms with Crippen LogP contribution in [0.2, 0.25) is 0 Å². The number of aromatic amines is 1. The van der Waals surface area contributed by atoms with Crippen molar-refractivity contribution < 1.29 is 5.11 Å². The SMILES string of the molecule is Cc1ccc2cc(CN(CCCO)[C@@H](c3nnnn3Cc3ccccc3)C(C)C)c(=O)[nH]c2c1C. The fourth-order valence-electron chi connectivity index (χ4n) is 4.67. The molecular formula is C27H34N6O2. The molecule has 1 atom stereocenters. The highest BCUT2D eigenvalue weighted by Gasteiger charge is 2.29. The normalized spacial score (nSPS) is 12.7. The Bertz CT molecular complexity index is 1330. The van der Waals surface area contributed by atoms with E-state index in [0.717, 1.165) is 33.4 Å². The third kappa shape index (κ3) is 5.49. The number of tetrazole rings is 1. The smallest absolute Gasteiger partial charge is 0.252 e. The van der Waals surface area contributed by atoms with Crippen LogP contribution in [-0.2, 0) is 13.1 Å². The Morgan fingerprint density at radius 3 is 2.60 bits per heavy atom. The maximum atomic E-state index is 13.1. The Labute approximate surface area is 205 Å². The number of hydrogen-bond donors (Lipinski definition) is 2. The maximum absolute atomic E-state index is 13.1. The molecule has 0 saturated carbocycles. The molecule has 0 fully saturated rings. The van der Waals surface area contributed by atoms with E-state index in [-0.39, 0.29) is 24.1 Å². The summed E-state index contributed by atoms with van der Waals surface area (Å²) in [5.41, 5.74) is 4.83. The van der Waals surface area contributed by atoms with Crippen molar-refractivity contribution in [3.05, 3.63) is 87.0 Å². The fraction of sp³-hybridized carbons (Fsp3) is 0.407.